The number of hydrogen-bond acceptors (Lipinski definition) is 4. The van der Waals surface area contributed by atoms with Crippen LogP contribution >= 0.6 is 11.3 Å². The standard InChI is InChI=1S/C17H24N4O2S/c1-4-21(5-2)17(23)8-6-7-16(22)18-15-11-13(19-20-15)14-10-9-12(3)24-14/h9-11H,4-8H2,1-3H3,(H2,18,19,20,22). The molecule has 2 aromatic heterocycles. The normalized spacial score (nSPS) is 10.6. The fourth-order valence-corrected chi connectivity index (χ4v) is 3.26. The van der Waals surface area contributed by atoms with Gasteiger partial charge in [0, 0.05) is 36.9 Å². The van der Waals surface area contributed by atoms with E-state index < -0.39 is 0 Å². The van der Waals surface area contributed by atoms with Crippen molar-refractivity contribution in [2.45, 2.75) is 40.0 Å². The Morgan fingerprint density at radius 2 is 2.00 bits per heavy atom. The van der Waals surface area contributed by atoms with Gasteiger partial charge in [0.1, 0.15) is 0 Å². The number of carbonyl (C=O) groups is 2. The zero-order chi connectivity index (χ0) is 17.5. The molecule has 0 unspecified atom stereocenters. The van der Waals surface area contributed by atoms with Crippen molar-refractivity contribution in [1.82, 2.24) is 15.1 Å². The SMILES string of the molecule is CCN(CC)C(=O)CCCC(=O)Nc1cc(-c2ccc(C)s2)[nH]n1. The first-order valence-electron chi connectivity index (χ1n) is 8.23. The summed E-state index contributed by atoms with van der Waals surface area (Å²) in [6.45, 7) is 7.38. The molecule has 0 aliphatic rings. The molecule has 2 aromatic rings. The van der Waals surface area contributed by atoms with E-state index in [1.165, 1.54) is 4.88 Å². The van der Waals surface area contributed by atoms with E-state index in [9.17, 15) is 9.59 Å². The van der Waals surface area contributed by atoms with Crippen LogP contribution in [0.25, 0.3) is 10.6 Å². The molecule has 2 amide bonds. The van der Waals surface area contributed by atoms with Gasteiger partial charge in [-0.25, -0.2) is 0 Å². The predicted molar refractivity (Wildman–Crippen MR) is 97.0 cm³/mol. The summed E-state index contributed by atoms with van der Waals surface area (Å²) in [6, 6.07) is 5.90. The lowest BCUT2D eigenvalue weighted by atomic mass is 10.2. The summed E-state index contributed by atoms with van der Waals surface area (Å²) in [5.41, 5.74) is 0.889. The molecule has 2 N–H and O–H groups in total. The minimum Gasteiger partial charge on any atom is -0.343 e. The number of nitrogens with one attached hydrogen (secondary N) is 2. The molecule has 0 radical (unpaired) electrons. The van der Waals surface area contributed by atoms with E-state index in [4.69, 9.17) is 0 Å². The largest absolute Gasteiger partial charge is 0.343 e. The molecule has 24 heavy (non-hydrogen) atoms. The van der Waals surface area contributed by atoms with Crippen molar-refractivity contribution in [1.29, 1.82) is 0 Å². The smallest absolute Gasteiger partial charge is 0.225 e. The Balaban J connectivity index is 1.79. The quantitative estimate of drug-likeness (QED) is 0.767. The summed E-state index contributed by atoms with van der Waals surface area (Å²) in [7, 11) is 0. The van der Waals surface area contributed by atoms with Gasteiger partial charge in [-0.1, -0.05) is 0 Å². The van der Waals surface area contributed by atoms with Crippen LogP contribution in [0.4, 0.5) is 5.82 Å². The molecule has 2 rings (SSSR count). The van der Waals surface area contributed by atoms with Crippen LogP contribution in [0.1, 0.15) is 38.0 Å². The number of thiophene rings is 1. The third-order valence-electron chi connectivity index (χ3n) is 3.76. The Labute approximate surface area is 146 Å². The van der Waals surface area contributed by atoms with Crippen molar-refractivity contribution in [3.8, 4) is 10.6 Å². The first-order valence-corrected chi connectivity index (χ1v) is 9.05. The van der Waals surface area contributed by atoms with Crippen LogP contribution < -0.4 is 5.32 Å². The number of H-pyrrole nitrogens is 1. The zero-order valence-electron chi connectivity index (χ0n) is 14.4. The molecular formula is C17H24N4O2S. The van der Waals surface area contributed by atoms with E-state index in [0.29, 0.717) is 38.2 Å². The van der Waals surface area contributed by atoms with E-state index in [0.717, 1.165) is 10.6 Å². The number of nitrogens with zero attached hydrogens (tertiary/aromatic N) is 2. The van der Waals surface area contributed by atoms with Gasteiger partial charge in [-0.15, -0.1) is 11.3 Å². The molecule has 0 saturated heterocycles. The van der Waals surface area contributed by atoms with Crippen LogP contribution in [0.15, 0.2) is 18.2 Å². The molecule has 6 nitrogen and oxygen atoms in total. The molecule has 2 heterocycles. The lowest BCUT2D eigenvalue weighted by Gasteiger charge is -2.18. The van der Waals surface area contributed by atoms with E-state index >= 15 is 0 Å². The molecule has 0 aromatic carbocycles. The van der Waals surface area contributed by atoms with Crippen LogP contribution in [0.2, 0.25) is 0 Å². The fourth-order valence-electron chi connectivity index (χ4n) is 2.43. The average molecular weight is 348 g/mol. The number of carbonyl (C=O) groups excluding carboxylic acids is 2. The van der Waals surface area contributed by atoms with Crippen molar-refractivity contribution in [3.05, 3.63) is 23.1 Å². The van der Waals surface area contributed by atoms with Gasteiger partial charge in [0.05, 0.1) is 10.6 Å². The van der Waals surface area contributed by atoms with Gasteiger partial charge in [-0.3, -0.25) is 14.7 Å². The summed E-state index contributed by atoms with van der Waals surface area (Å²) in [5, 5.41) is 9.81. The lowest BCUT2D eigenvalue weighted by molar-refractivity contribution is -0.130. The van der Waals surface area contributed by atoms with Crippen LogP contribution in [0, 0.1) is 6.92 Å². The molecule has 7 heteroatoms. The van der Waals surface area contributed by atoms with Crippen molar-refractivity contribution < 1.29 is 9.59 Å². The molecule has 0 saturated carbocycles. The van der Waals surface area contributed by atoms with E-state index in [1.807, 2.05) is 39.0 Å². The highest BCUT2D eigenvalue weighted by molar-refractivity contribution is 7.15. The molecule has 0 fully saturated rings. The van der Waals surface area contributed by atoms with Crippen LogP contribution in [-0.2, 0) is 9.59 Å². The van der Waals surface area contributed by atoms with Crippen LogP contribution in [0.3, 0.4) is 0 Å². The highest BCUT2D eigenvalue weighted by Crippen LogP contribution is 2.27. The van der Waals surface area contributed by atoms with Gasteiger partial charge >= 0.3 is 0 Å². The summed E-state index contributed by atoms with van der Waals surface area (Å²) in [6.07, 6.45) is 1.26. The van der Waals surface area contributed by atoms with Crippen LogP contribution in [0.5, 0.6) is 0 Å². The maximum atomic E-state index is 12.0. The molecule has 130 valence electrons. The minimum absolute atomic E-state index is 0.0999. The molecule has 0 aliphatic carbocycles. The van der Waals surface area contributed by atoms with Gasteiger partial charge < -0.3 is 10.2 Å². The second-order valence-electron chi connectivity index (χ2n) is 5.54. The molecule has 0 bridgehead atoms. The predicted octanol–water partition coefficient (Wildman–Crippen LogP) is 3.42. The number of amides is 2. The molecule has 0 atom stereocenters. The molecular weight excluding hydrogens is 324 g/mol. The Morgan fingerprint density at radius 1 is 1.25 bits per heavy atom. The number of hydrogen-bond donors (Lipinski definition) is 2. The summed E-state index contributed by atoms with van der Waals surface area (Å²) in [5.74, 6) is 0.488. The Morgan fingerprint density at radius 3 is 2.62 bits per heavy atom. The maximum absolute atomic E-state index is 12.0. The van der Waals surface area contributed by atoms with Gasteiger partial charge in [-0.05, 0) is 39.3 Å². The number of aromatic nitrogens is 2. The summed E-state index contributed by atoms with van der Waals surface area (Å²) in [4.78, 5) is 27.9. The Bertz CT molecular complexity index is 688. The van der Waals surface area contributed by atoms with E-state index in [2.05, 4.69) is 15.5 Å². The van der Waals surface area contributed by atoms with Crippen molar-refractivity contribution in [2.75, 3.05) is 18.4 Å². The number of aromatic amines is 1. The van der Waals surface area contributed by atoms with Crippen molar-refractivity contribution in [3.63, 3.8) is 0 Å². The zero-order valence-corrected chi connectivity index (χ0v) is 15.2. The number of rotatable bonds is 8. The lowest BCUT2D eigenvalue weighted by Crippen LogP contribution is -2.30. The third-order valence-corrected chi connectivity index (χ3v) is 4.80. The number of anilines is 1. The maximum Gasteiger partial charge on any atom is 0.225 e. The molecule has 0 aliphatic heterocycles. The third kappa shape index (κ3) is 4.92. The highest BCUT2D eigenvalue weighted by atomic mass is 32.1. The van der Waals surface area contributed by atoms with Gasteiger partial charge in [-0.2, -0.15) is 5.10 Å². The Hall–Kier alpha value is -2.15. The van der Waals surface area contributed by atoms with Crippen LogP contribution in [-0.4, -0.2) is 40.0 Å². The Kier molecular flexibility index (Phi) is 6.54. The average Bonchev–Trinajstić information content (AvgIpc) is 3.17. The summed E-state index contributed by atoms with van der Waals surface area (Å²) < 4.78 is 0. The monoisotopic (exact) mass is 348 g/mol. The van der Waals surface area contributed by atoms with Gasteiger partial charge in [0.2, 0.25) is 11.8 Å². The van der Waals surface area contributed by atoms with Crippen molar-refractivity contribution >= 4 is 29.0 Å². The second kappa shape index (κ2) is 8.63. The first kappa shape index (κ1) is 18.2. The first-order chi connectivity index (χ1) is 11.5. The topological polar surface area (TPSA) is 78.1 Å². The fraction of sp³-hybridized carbons (Fsp3) is 0.471. The van der Waals surface area contributed by atoms with Gasteiger partial charge in [0.25, 0.3) is 0 Å². The van der Waals surface area contributed by atoms with E-state index in [-0.39, 0.29) is 11.8 Å². The number of aryl methyl sites for hydroxylation is 1. The second-order valence-corrected chi connectivity index (χ2v) is 6.83. The minimum atomic E-state index is -0.122. The van der Waals surface area contributed by atoms with Crippen molar-refractivity contribution in [2.24, 2.45) is 0 Å². The van der Waals surface area contributed by atoms with E-state index in [1.54, 1.807) is 16.2 Å². The summed E-state index contributed by atoms with van der Waals surface area (Å²) >= 11 is 1.67. The highest BCUT2D eigenvalue weighted by Gasteiger charge is 2.12. The molecule has 0 spiro atoms. The van der Waals surface area contributed by atoms with Gasteiger partial charge in [0.15, 0.2) is 5.82 Å².